The number of rotatable bonds is 4. The molecule has 7 heteroatoms. The Kier molecular flexibility index (Phi) is 4.31. The molecule has 7 nitrogen and oxygen atoms in total. The number of aromatic hydroxyl groups is 1. The van der Waals surface area contributed by atoms with Crippen molar-refractivity contribution >= 4 is 27.8 Å². The molecule has 2 aromatic carbocycles. The van der Waals surface area contributed by atoms with E-state index in [0.29, 0.717) is 28.8 Å². The Morgan fingerprint density at radius 2 is 2.12 bits per heavy atom. The maximum absolute atomic E-state index is 13.1. The number of carbonyl (C=O) groups excluding carboxylic acids is 1. The fraction of sp³-hybridized carbons (Fsp3) is 0.320. The van der Waals surface area contributed by atoms with E-state index >= 15 is 0 Å². The third-order valence-corrected chi connectivity index (χ3v) is 6.92. The van der Waals surface area contributed by atoms with Crippen LogP contribution in [0.2, 0.25) is 0 Å². The monoisotopic (exact) mass is 431 g/mol. The van der Waals surface area contributed by atoms with Crippen molar-refractivity contribution in [1.82, 2.24) is 15.2 Å². The quantitative estimate of drug-likeness (QED) is 0.456. The van der Waals surface area contributed by atoms with Gasteiger partial charge < -0.3 is 24.6 Å². The average Bonchev–Trinajstić information content (AvgIpc) is 3.50. The fourth-order valence-corrected chi connectivity index (χ4v) is 5.16. The number of likely N-dealkylation sites (tertiary alicyclic amines) is 1. The van der Waals surface area contributed by atoms with Crippen LogP contribution in [0.1, 0.15) is 22.3 Å². The third-order valence-electron chi connectivity index (χ3n) is 6.92. The number of furan rings is 1. The van der Waals surface area contributed by atoms with Crippen LogP contribution in [0.4, 0.5) is 0 Å². The highest BCUT2D eigenvalue weighted by molar-refractivity contribution is 6.12. The largest absolute Gasteiger partial charge is 0.508 e. The first-order chi connectivity index (χ1) is 15.6. The van der Waals surface area contributed by atoms with Crippen molar-refractivity contribution in [1.29, 1.82) is 0 Å². The minimum atomic E-state index is -0.231. The van der Waals surface area contributed by atoms with Gasteiger partial charge in [-0.2, -0.15) is 0 Å². The van der Waals surface area contributed by atoms with Crippen molar-refractivity contribution in [3.63, 3.8) is 0 Å². The molecular weight excluding hydrogens is 406 g/mol. The Balaban J connectivity index is 1.49. The number of amides is 1. The molecule has 2 aliphatic heterocycles. The van der Waals surface area contributed by atoms with E-state index in [1.807, 2.05) is 30.5 Å². The minimum absolute atomic E-state index is 0.182. The Bertz CT molecular complexity index is 1350. The molecule has 2 saturated heterocycles. The summed E-state index contributed by atoms with van der Waals surface area (Å²) in [6.45, 7) is 4.06. The molecule has 4 aromatic rings. The molecule has 3 N–H and O–H groups in total. The second-order valence-electron chi connectivity index (χ2n) is 9.05. The molecule has 2 aliphatic rings. The molecule has 4 heterocycles. The van der Waals surface area contributed by atoms with Gasteiger partial charge in [-0.25, -0.2) is 0 Å². The van der Waals surface area contributed by atoms with Crippen molar-refractivity contribution in [2.45, 2.75) is 13.0 Å². The van der Waals surface area contributed by atoms with E-state index in [1.165, 1.54) is 0 Å². The van der Waals surface area contributed by atoms with Crippen molar-refractivity contribution < 1.29 is 19.1 Å². The number of phenols is 1. The number of hydrogen-bond donors (Lipinski definition) is 3. The van der Waals surface area contributed by atoms with E-state index in [9.17, 15) is 9.90 Å². The van der Waals surface area contributed by atoms with E-state index < -0.39 is 0 Å². The van der Waals surface area contributed by atoms with E-state index in [0.717, 1.165) is 54.8 Å². The summed E-state index contributed by atoms with van der Waals surface area (Å²) in [5, 5.41) is 15.3. The summed E-state index contributed by atoms with van der Waals surface area (Å²) < 4.78 is 11.7. The predicted molar refractivity (Wildman–Crippen MR) is 122 cm³/mol. The first-order valence-corrected chi connectivity index (χ1v) is 10.9. The topological polar surface area (TPSA) is 90.7 Å². The highest BCUT2D eigenvalue weighted by atomic mass is 16.5. The first kappa shape index (κ1) is 19.4. The number of hydrogen-bond acceptors (Lipinski definition) is 5. The molecule has 2 fully saturated rings. The lowest BCUT2D eigenvalue weighted by atomic mass is 9.85. The van der Waals surface area contributed by atoms with Crippen LogP contribution >= 0.6 is 0 Å². The molecule has 0 bridgehead atoms. The summed E-state index contributed by atoms with van der Waals surface area (Å²) >= 11 is 0. The van der Waals surface area contributed by atoms with E-state index in [4.69, 9.17) is 9.15 Å². The van der Waals surface area contributed by atoms with Gasteiger partial charge in [0.05, 0.1) is 18.8 Å². The van der Waals surface area contributed by atoms with E-state index in [2.05, 4.69) is 15.2 Å². The Morgan fingerprint density at radius 1 is 1.25 bits per heavy atom. The van der Waals surface area contributed by atoms with Gasteiger partial charge in [-0.15, -0.1) is 0 Å². The van der Waals surface area contributed by atoms with Crippen LogP contribution in [0, 0.1) is 5.41 Å². The Morgan fingerprint density at radius 3 is 2.88 bits per heavy atom. The predicted octanol–water partition coefficient (Wildman–Crippen LogP) is 3.87. The maximum Gasteiger partial charge on any atom is 0.255 e. The molecule has 2 aromatic heterocycles. The number of carbonyl (C=O) groups is 1. The van der Waals surface area contributed by atoms with Gasteiger partial charge in [-0.05, 0) is 49.4 Å². The molecule has 0 aliphatic carbocycles. The van der Waals surface area contributed by atoms with E-state index in [-0.39, 0.29) is 17.1 Å². The molecule has 1 spiro atoms. The third kappa shape index (κ3) is 2.92. The van der Waals surface area contributed by atoms with Gasteiger partial charge in [0, 0.05) is 59.2 Å². The molecular formula is C25H25N3O4. The highest BCUT2D eigenvalue weighted by Crippen LogP contribution is 2.42. The average molecular weight is 431 g/mol. The number of phenolic OH excluding ortho intramolecular Hbond substituents is 1. The summed E-state index contributed by atoms with van der Waals surface area (Å²) in [7, 11) is 1.61. The SMILES string of the molecule is CNC(=O)c1c(-c2ccc3[nH]ccc3c2)oc2ccc(O)c(CN3CCC4(COC4)C3)c12. The summed E-state index contributed by atoms with van der Waals surface area (Å²) in [6.07, 6.45) is 2.98. The first-order valence-electron chi connectivity index (χ1n) is 10.9. The number of nitrogens with one attached hydrogen (secondary N) is 2. The standard InChI is InChI=1S/C25H25N3O4/c1-26-24(30)22-21-17(11-28-9-7-25(12-28)13-31-14-25)19(29)4-5-20(21)32-23(22)16-2-3-18-15(10-16)6-8-27-18/h2-6,8,10,27,29H,7,9,11-14H2,1H3,(H,26,30). The molecule has 0 saturated carbocycles. The summed E-state index contributed by atoms with van der Waals surface area (Å²) in [6, 6.07) is 11.3. The van der Waals surface area contributed by atoms with Crippen molar-refractivity contribution in [3.8, 4) is 17.1 Å². The number of aromatic amines is 1. The smallest absolute Gasteiger partial charge is 0.255 e. The van der Waals surface area contributed by atoms with Gasteiger partial charge in [0.2, 0.25) is 0 Å². The van der Waals surface area contributed by atoms with Crippen LogP contribution in [0.5, 0.6) is 5.75 Å². The van der Waals surface area contributed by atoms with Gasteiger partial charge in [0.15, 0.2) is 0 Å². The number of fused-ring (bicyclic) bond motifs is 2. The highest BCUT2D eigenvalue weighted by Gasteiger charge is 2.44. The number of aromatic nitrogens is 1. The summed E-state index contributed by atoms with van der Waals surface area (Å²) in [5.41, 5.74) is 3.89. The zero-order valence-electron chi connectivity index (χ0n) is 17.9. The van der Waals surface area contributed by atoms with Crippen LogP contribution in [-0.4, -0.2) is 54.2 Å². The summed E-state index contributed by atoms with van der Waals surface area (Å²) in [4.78, 5) is 18.6. The van der Waals surface area contributed by atoms with Crippen molar-refractivity contribution in [2.24, 2.45) is 5.41 Å². The normalized spacial score (nSPS) is 17.9. The minimum Gasteiger partial charge on any atom is -0.508 e. The van der Waals surface area contributed by atoms with Crippen LogP contribution in [-0.2, 0) is 11.3 Å². The van der Waals surface area contributed by atoms with Gasteiger partial charge >= 0.3 is 0 Å². The lowest BCUT2D eigenvalue weighted by Gasteiger charge is -2.37. The number of ether oxygens (including phenoxy) is 1. The number of nitrogens with zero attached hydrogens (tertiary/aromatic N) is 1. The van der Waals surface area contributed by atoms with Gasteiger partial charge in [-0.1, -0.05) is 0 Å². The molecule has 32 heavy (non-hydrogen) atoms. The molecule has 0 unspecified atom stereocenters. The molecule has 6 rings (SSSR count). The van der Waals surface area contributed by atoms with Crippen molar-refractivity contribution in [3.05, 3.63) is 53.7 Å². The second-order valence-corrected chi connectivity index (χ2v) is 9.05. The second kappa shape index (κ2) is 7.12. The van der Waals surface area contributed by atoms with E-state index in [1.54, 1.807) is 19.2 Å². The Labute approximate surface area is 185 Å². The van der Waals surface area contributed by atoms with Gasteiger partial charge in [0.1, 0.15) is 17.1 Å². The molecule has 0 atom stereocenters. The molecule has 164 valence electrons. The Hall–Kier alpha value is -3.29. The van der Waals surface area contributed by atoms with Crippen LogP contribution in [0.25, 0.3) is 33.2 Å². The zero-order chi connectivity index (χ0) is 21.9. The summed E-state index contributed by atoms with van der Waals surface area (Å²) in [5.74, 6) is 0.464. The molecule has 1 amide bonds. The van der Waals surface area contributed by atoms with Crippen LogP contribution < -0.4 is 5.32 Å². The molecule has 0 radical (unpaired) electrons. The van der Waals surface area contributed by atoms with Crippen LogP contribution in [0.3, 0.4) is 0 Å². The van der Waals surface area contributed by atoms with Gasteiger partial charge in [0.25, 0.3) is 5.91 Å². The maximum atomic E-state index is 13.1. The zero-order valence-corrected chi connectivity index (χ0v) is 17.9. The lowest BCUT2D eigenvalue weighted by molar-refractivity contribution is -0.105. The lowest BCUT2D eigenvalue weighted by Crippen LogP contribution is -2.44. The van der Waals surface area contributed by atoms with Crippen molar-refractivity contribution in [2.75, 3.05) is 33.4 Å². The number of benzene rings is 2. The number of H-pyrrole nitrogens is 1. The van der Waals surface area contributed by atoms with Gasteiger partial charge in [-0.3, -0.25) is 9.69 Å². The fourth-order valence-electron chi connectivity index (χ4n) is 5.16. The van der Waals surface area contributed by atoms with Crippen LogP contribution in [0.15, 0.2) is 47.0 Å².